The van der Waals surface area contributed by atoms with Crippen molar-refractivity contribution in [2.24, 2.45) is 0 Å². The molecule has 110 valence electrons. The molecule has 0 radical (unpaired) electrons. The van der Waals surface area contributed by atoms with E-state index < -0.39 is 11.9 Å². The second-order valence-corrected chi connectivity index (χ2v) is 5.83. The maximum atomic E-state index is 11.6. The molecule has 0 saturated heterocycles. The molecule has 0 saturated carbocycles. The van der Waals surface area contributed by atoms with E-state index in [0.29, 0.717) is 6.42 Å². The summed E-state index contributed by atoms with van der Waals surface area (Å²) in [5.41, 5.74) is 2.85. The van der Waals surface area contributed by atoms with Crippen LogP contribution in [0.15, 0.2) is 46.9 Å². The van der Waals surface area contributed by atoms with E-state index in [1.165, 1.54) is 0 Å². The minimum atomic E-state index is -0.812. The van der Waals surface area contributed by atoms with Gasteiger partial charge < -0.3 is 9.84 Å². The number of aliphatic carboxylic acids is 1. The van der Waals surface area contributed by atoms with Gasteiger partial charge in [0.25, 0.3) is 0 Å². The number of ether oxygens (including phenoxy) is 1. The summed E-state index contributed by atoms with van der Waals surface area (Å²) in [6.07, 6.45) is 0.446. The van der Waals surface area contributed by atoms with Gasteiger partial charge in [0.15, 0.2) is 0 Å². The number of carbonyl (C=O) groups is 1. The Bertz CT molecular complexity index is 652. The van der Waals surface area contributed by atoms with Gasteiger partial charge >= 0.3 is 5.97 Å². The molecule has 2 rings (SSSR count). The molecule has 0 amide bonds. The van der Waals surface area contributed by atoms with E-state index in [0.717, 1.165) is 26.9 Å². The van der Waals surface area contributed by atoms with E-state index in [2.05, 4.69) is 15.9 Å². The van der Waals surface area contributed by atoms with Gasteiger partial charge in [0, 0.05) is 0 Å². The maximum Gasteiger partial charge on any atom is 0.311 e. The first-order chi connectivity index (χ1) is 10.0. The molecule has 0 spiro atoms. The van der Waals surface area contributed by atoms with Crippen LogP contribution in [0.1, 0.15) is 22.6 Å². The van der Waals surface area contributed by atoms with Crippen LogP contribution in [-0.2, 0) is 11.2 Å². The normalized spacial score (nSPS) is 12.0. The molecule has 0 fully saturated rings. The van der Waals surface area contributed by atoms with Crippen LogP contribution in [0.5, 0.6) is 5.75 Å². The van der Waals surface area contributed by atoms with Gasteiger partial charge in [0.05, 0.1) is 17.5 Å². The molecule has 1 atom stereocenters. The molecular weight excluding hydrogens is 332 g/mol. The molecule has 2 aromatic carbocycles. The first-order valence-corrected chi connectivity index (χ1v) is 7.42. The lowest BCUT2D eigenvalue weighted by Crippen LogP contribution is -2.14. The predicted octanol–water partition coefficient (Wildman–Crippen LogP) is 4.18. The van der Waals surface area contributed by atoms with Crippen molar-refractivity contribution in [2.45, 2.75) is 19.3 Å². The third-order valence-electron chi connectivity index (χ3n) is 3.40. The summed E-state index contributed by atoms with van der Waals surface area (Å²) in [6, 6.07) is 13.3. The smallest absolute Gasteiger partial charge is 0.311 e. The largest absolute Gasteiger partial charge is 0.496 e. The number of rotatable bonds is 5. The summed E-state index contributed by atoms with van der Waals surface area (Å²) in [6.45, 7) is 1.96. The number of carboxylic acid groups (broad SMARTS) is 1. The fraction of sp³-hybridized carbons (Fsp3) is 0.235. The lowest BCUT2D eigenvalue weighted by atomic mass is 9.91. The second kappa shape index (κ2) is 6.76. The van der Waals surface area contributed by atoms with E-state index in [-0.39, 0.29) is 0 Å². The highest BCUT2D eigenvalue weighted by Gasteiger charge is 2.20. The van der Waals surface area contributed by atoms with Crippen molar-refractivity contribution >= 4 is 21.9 Å². The Morgan fingerprint density at radius 3 is 2.62 bits per heavy atom. The van der Waals surface area contributed by atoms with Crippen LogP contribution in [0.4, 0.5) is 0 Å². The molecule has 0 aliphatic rings. The lowest BCUT2D eigenvalue weighted by molar-refractivity contribution is -0.138. The Hall–Kier alpha value is -1.81. The van der Waals surface area contributed by atoms with Crippen LogP contribution in [0, 0.1) is 6.92 Å². The number of aryl methyl sites for hydroxylation is 1. The number of methoxy groups -OCH3 is 1. The summed E-state index contributed by atoms with van der Waals surface area (Å²) >= 11 is 3.43. The van der Waals surface area contributed by atoms with E-state index in [4.69, 9.17) is 4.74 Å². The Kier molecular flexibility index (Phi) is 5.02. The quantitative estimate of drug-likeness (QED) is 0.881. The van der Waals surface area contributed by atoms with Crippen LogP contribution in [0.3, 0.4) is 0 Å². The number of carboxylic acids is 1. The zero-order chi connectivity index (χ0) is 15.4. The summed E-state index contributed by atoms with van der Waals surface area (Å²) in [5, 5.41) is 9.51. The number of hydrogen-bond acceptors (Lipinski definition) is 2. The average Bonchev–Trinajstić information content (AvgIpc) is 2.44. The third-order valence-corrected chi connectivity index (χ3v) is 4.02. The van der Waals surface area contributed by atoms with E-state index in [1.54, 1.807) is 7.11 Å². The molecule has 4 heteroatoms. The van der Waals surface area contributed by atoms with Crippen molar-refractivity contribution in [1.29, 1.82) is 0 Å². The van der Waals surface area contributed by atoms with E-state index in [9.17, 15) is 9.90 Å². The summed E-state index contributed by atoms with van der Waals surface area (Å²) in [7, 11) is 1.60. The number of hydrogen-bond donors (Lipinski definition) is 1. The molecule has 2 aromatic rings. The van der Waals surface area contributed by atoms with Crippen molar-refractivity contribution in [3.05, 3.63) is 63.6 Å². The lowest BCUT2D eigenvalue weighted by Gasteiger charge is -2.14. The van der Waals surface area contributed by atoms with Gasteiger partial charge in [0.2, 0.25) is 0 Å². The van der Waals surface area contributed by atoms with E-state index >= 15 is 0 Å². The molecule has 0 bridgehead atoms. The van der Waals surface area contributed by atoms with Gasteiger partial charge in [0.1, 0.15) is 5.75 Å². The molecule has 0 aliphatic carbocycles. The minimum Gasteiger partial charge on any atom is -0.496 e. The minimum absolute atomic E-state index is 0.446. The van der Waals surface area contributed by atoms with Crippen LogP contribution in [0.25, 0.3) is 0 Å². The molecule has 0 heterocycles. The van der Waals surface area contributed by atoms with Crippen molar-refractivity contribution in [3.8, 4) is 5.75 Å². The Balaban J connectivity index is 2.29. The average molecular weight is 349 g/mol. The van der Waals surface area contributed by atoms with Gasteiger partial charge in [-0.05, 0) is 52.5 Å². The molecule has 3 nitrogen and oxygen atoms in total. The standard InChI is InChI=1S/C17H17BrO3/c1-11-4-3-5-13(8-11)14(17(19)20)9-12-6-7-16(21-2)15(18)10-12/h3-8,10,14H,9H2,1-2H3,(H,19,20). The highest BCUT2D eigenvalue weighted by molar-refractivity contribution is 9.10. The molecule has 21 heavy (non-hydrogen) atoms. The monoisotopic (exact) mass is 348 g/mol. The van der Waals surface area contributed by atoms with Gasteiger partial charge in [-0.3, -0.25) is 4.79 Å². The highest BCUT2D eigenvalue weighted by Crippen LogP contribution is 2.29. The number of halogens is 1. The van der Waals surface area contributed by atoms with Gasteiger partial charge in [-0.25, -0.2) is 0 Å². The number of benzene rings is 2. The van der Waals surface area contributed by atoms with Crippen LogP contribution in [-0.4, -0.2) is 18.2 Å². The van der Waals surface area contributed by atoms with Gasteiger partial charge in [-0.15, -0.1) is 0 Å². The van der Waals surface area contributed by atoms with Crippen LogP contribution >= 0.6 is 15.9 Å². The fourth-order valence-corrected chi connectivity index (χ4v) is 2.90. The molecule has 0 aromatic heterocycles. The topological polar surface area (TPSA) is 46.5 Å². The first kappa shape index (κ1) is 15.6. The van der Waals surface area contributed by atoms with Gasteiger partial charge in [-0.2, -0.15) is 0 Å². The van der Waals surface area contributed by atoms with Gasteiger partial charge in [-0.1, -0.05) is 35.9 Å². The summed E-state index contributed by atoms with van der Waals surface area (Å²) in [5.74, 6) is -0.626. The van der Waals surface area contributed by atoms with Crippen molar-refractivity contribution in [1.82, 2.24) is 0 Å². The van der Waals surface area contributed by atoms with Crippen LogP contribution < -0.4 is 4.74 Å². The highest BCUT2D eigenvalue weighted by atomic mass is 79.9. The molecule has 1 unspecified atom stereocenters. The predicted molar refractivity (Wildman–Crippen MR) is 86.0 cm³/mol. The molecule has 0 aliphatic heterocycles. The van der Waals surface area contributed by atoms with Crippen LogP contribution in [0.2, 0.25) is 0 Å². The maximum absolute atomic E-state index is 11.6. The molecule has 1 N–H and O–H groups in total. The van der Waals surface area contributed by atoms with E-state index in [1.807, 2.05) is 49.4 Å². The zero-order valence-corrected chi connectivity index (χ0v) is 13.6. The summed E-state index contributed by atoms with van der Waals surface area (Å²) in [4.78, 5) is 11.6. The zero-order valence-electron chi connectivity index (χ0n) is 12.0. The summed E-state index contributed by atoms with van der Waals surface area (Å²) < 4.78 is 6.02. The second-order valence-electron chi connectivity index (χ2n) is 4.98. The SMILES string of the molecule is COc1ccc(CC(C(=O)O)c2cccc(C)c2)cc1Br. The third kappa shape index (κ3) is 3.85. The van der Waals surface area contributed by atoms with Crippen molar-refractivity contribution < 1.29 is 14.6 Å². The Morgan fingerprint density at radius 1 is 1.29 bits per heavy atom. The van der Waals surface area contributed by atoms with Crippen molar-refractivity contribution in [2.75, 3.05) is 7.11 Å². The fourth-order valence-electron chi connectivity index (χ4n) is 2.31. The molecular formula is C17H17BrO3. The van der Waals surface area contributed by atoms with Crippen molar-refractivity contribution in [3.63, 3.8) is 0 Å². The first-order valence-electron chi connectivity index (χ1n) is 6.63. The Labute approximate surface area is 132 Å². The Morgan fingerprint density at radius 2 is 2.05 bits per heavy atom.